The van der Waals surface area contributed by atoms with Crippen molar-refractivity contribution < 1.29 is 14.3 Å². The molecule has 0 radical (unpaired) electrons. The summed E-state index contributed by atoms with van der Waals surface area (Å²) in [5.74, 6) is 0.677. The van der Waals surface area contributed by atoms with Gasteiger partial charge in [0.25, 0.3) is 5.91 Å². The highest BCUT2D eigenvalue weighted by atomic mass is 32.1. The fraction of sp³-hybridized carbons (Fsp3) is 0.333. The molecule has 3 aromatic rings. The van der Waals surface area contributed by atoms with E-state index in [0.29, 0.717) is 25.5 Å². The molecule has 1 aromatic carbocycles. The summed E-state index contributed by atoms with van der Waals surface area (Å²) in [6.07, 6.45) is 0. The van der Waals surface area contributed by atoms with E-state index >= 15 is 0 Å². The maximum atomic E-state index is 12.7. The van der Waals surface area contributed by atoms with Crippen molar-refractivity contribution in [3.8, 4) is 16.3 Å². The molecule has 0 bridgehead atoms. The molecule has 1 fully saturated rings. The van der Waals surface area contributed by atoms with Gasteiger partial charge >= 0.3 is 0 Å². The molecule has 0 spiro atoms. The molecule has 1 aliphatic heterocycles. The number of amides is 1. The standard InChI is InChI=1S/C21H23N3O3S2/c1-26-17-4-2-15(3-5-17)19(24-7-9-27-10-8-24)12-22-20(25)18-14-29-21(23-18)16-6-11-28-13-16/h2-6,11,13-14,19H,7-10,12H2,1H3,(H,22,25). The van der Waals surface area contributed by atoms with Gasteiger partial charge in [-0.15, -0.1) is 11.3 Å². The van der Waals surface area contributed by atoms with E-state index in [1.165, 1.54) is 11.3 Å². The topological polar surface area (TPSA) is 63.7 Å². The summed E-state index contributed by atoms with van der Waals surface area (Å²) in [7, 11) is 1.66. The third-order valence-electron chi connectivity index (χ3n) is 4.95. The number of nitrogens with one attached hydrogen (secondary N) is 1. The van der Waals surface area contributed by atoms with Gasteiger partial charge in [-0.2, -0.15) is 11.3 Å². The van der Waals surface area contributed by atoms with Crippen LogP contribution in [-0.2, 0) is 4.74 Å². The van der Waals surface area contributed by atoms with Crippen LogP contribution in [0.1, 0.15) is 22.1 Å². The predicted molar refractivity (Wildman–Crippen MR) is 116 cm³/mol. The summed E-state index contributed by atoms with van der Waals surface area (Å²) in [6.45, 7) is 3.60. The Hall–Kier alpha value is -2.26. The van der Waals surface area contributed by atoms with E-state index in [0.717, 1.165) is 35.0 Å². The summed E-state index contributed by atoms with van der Waals surface area (Å²) in [5.41, 5.74) is 2.67. The predicted octanol–water partition coefficient (Wildman–Crippen LogP) is 3.68. The van der Waals surface area contributed by atoms with E-state index in [4.69, 9.17) is 9.47 Å². The molecule has 1 unspecified atom stereocenters. The Morgan fingerprint density at radius 3 is 2.72 bits per heavy atom. The number of hydrogen-bond donors (Lipinski definition) is 1. The lowest BCUT2D eigenvalue weighted by atomic mass is 10.0. The molecule has 2 aromatic heterocycles. The molecule has 0 aliphatic carbocycles. The van der Waals surface area contributed by atoms with Gasteiger partial charge in [0.2, 0.25) is 0 Å². The van der Waals surface area contributed by atoms with Gasteiger partial charge in [-0.05, 0) is 29.1 Å². The molecule has 6 nitrogen and oxygen atoms in total. The SMILES string of the molecule is COc1ccc(C(CNC(=O)c2csc(-c3ccsc3)n2)N2CCOCC2)cc1. The largest absolute Gasteiger partial charge is 0.497 e. The first-order valence-corrected chi connectivity index (χ1v) is 11.3. The molecule has 1 atom stereocenters. The number of aromatic nitrogens is 1. The van der Waals surface area contributed by atoms with Gasteiger partial charge in [-0.1, -0.05) is 12.1 Å². The summed E-state index contributed by atoms with van der Waals surface area (Å²) < 4.78 is 10.8. The fourth-order valence-corrected chi connectivity index (χ4v) is 4.86. The van der Waals surface area contributed by atoms with Gasteiger partial charge in [0.15, 0.2) is 0 Å². The first-order valence-electron chi connectivity index (χ1n) is 9.46. The Kier molecular flexibility index (Phi) is 6.56. The van der Waals surface area contributed by atoms with E-state index in [1.54, 1.807) is 18.4 Å². The third-order valence-corrected chi connectivity index (χ3v) is 6.52. The zero-order valence-electron chi connectivity index (χ0n) is 16.2. The molecule has 4 rings (SSSR count). The zero-order chi connectivity index (χ0) is 20.1. The molecule has 3 heterocycles. The van der Waals surface area contributed by atoms with Crippen LogP contribution < -0.4 is 10.1 Å². The first-order chi connectivity index (χ1) is 14.2. The summed E-state index contributed by atoms with van der Waals surface area (Å²) in [4.78, 5) is 19.6. The molecule has 1 N–H and O–H groups in total. The Bertz CT molecular complexity index is 919. The number of ether oxygens (including phenoxy) is 2. The van der Waals surface area contributed by atoms with E-state index in [9.17, 15) is 4.79 Å². The number of thiophene rings is 1. The highest BCUT2D eigenvalue weighted by Gasteiger charge is 2.24. The second-order valence-electron chi connectivity index (χ2n) is 6.70. The van der Waals surface area contributed by atoms with Crippen molar-refractivity contribution in [2.45, 2.75) is 6.04 Å². The lowest BCUT2D eigenvalue weighted by Gasteiger charge is -2.35. The van der Waals surface area contributed by atoms with Crippen LogP contribution in [-0.4, -0.2) is 55.7 Å². The van der Waals surface area contributed by atoms with Crippen LogP contribution in [0.15, 0.2) is 46.5 Å². The van der Waals surface area contributed by atoms with Gasteiger partial charge in [-0.25, -0.2) is 4.98 Å². The van der Waals surface area contributed by atoms with Crippen molar-refractivity contribution in [1.29, 1.82) is 0 Å². The Labute approximate surface area is 178 Å². The van der Waals surface area contributed by atoms with Crippen LogP contribution >= 0.6 is 22.7 Å². The third kappa shape index (κ3) is 4.84. The fourth-order valence-electron chi connectivity index (χ4n) is 3.35. The molecule has 152 valence electrons. The lowest BCUT2D eigenvalue weighted by Crippen LogP contribution is -2.43. The first kappa shape index (κ1) is 20.0. The Balaban J connectivity index is 1.46. The van der Waals surface area contributed by atoms with Crippen molar-refractivity contribution in [2.75, 3.05) is 40.0 Å². The van der Waals surface area contributed by atoms with Gasteiger partial charge in [0, 0.05) is 36.0 Å². The smallest absolute Gasteiger partial charge is 0.270 e. The van der Waals surface area contributed by atoms with E-state index in [-0.39, 0.29) is 11.9 Å². The van der Waals surface area contributed by atoms with Crippen molar-refractivity contribution in [3.05, 3.63) is 57.7 Å². The van der Waals surface area contributed by atoms with Crippen LogP contribution in [0.4, 0.5) is 0 Å². The van der Waals surface area contributed by atoms with E-state index < -0.39 is 0 Å². The van der Waals surface area contributed by atoms with Crippen molar-refractivity contribution in [2.24, 2.45) is 0 Å². The molecular formula is C21H23N3O3S2. The number of hydrogen-bond acceptors (Lipinski definition) is 7. The van der Waals surface area contributed by atoms with Crippen LogP contribution in [0.3, 0.4) is 0 Å². The van der Waals surface area contributed by atoms with Crippen LogP contribution in [0, 0.1) is 0 Å². The van der Waals surface area contributed by atoms with E-state index in [2.05, 4.69) is 27.3 Å². The van der Waals surface area contributed by atoms with Crippen LogP contribution in [0.2, 0.25) is 0 Å². The van der Waals surface area contributed by atoms with Crippen molar-refractivity contribution >= 4 is 28.6 Å². The summed E-state index contributed by atoms with van der Waals surface area (Å²) in [5, 5.41) is 9.82. The second-order valence-corrected chi connectivity index (χ2v) is 8.34. The van der Waals surface area contributed by atoms with E-state index in [1.807, 2.05) is 34.3 Å². The van der Waals surface area contributed by atoms with Gasteiger partial charge in [0.05, 0.1) is 26.4 Å². The molecule has 8 heteroatoms. The number of carbonyl (C=O) groups is 1. The number of thiazole rings is 1. The number of rotatable bonds is 7. The van der Waals surface area contributed by atoms with Crippen LogP contribution in [0.25, 0.3) is 10.6 Å². The van der Waals surface area contributed by atoms with Gasteiger partial charge in [-0.3, -0.25) is 9.69 Å². The second kappa shape index (κ2) is 9.49. The number of methoxy groups -OCH3 is 1. The van der Waals surface area contributed by atoms with Crippen molar-refractivity contribution in [1.82, 2.24) is 15.2 Å². The van der Waals surface area contributed by atoms with Gasteiger partial charge < -0.3 is 14.8 Å². The highest BCUT2D eigenvalue weighted by Crippen LogP contribution is 2.26. The molecule has 0 saturated carbocycles. The van der Waals surface area contributed by atoms with Gasteiger partial charge in [0.1, 0.15) is 16.5 Å². The van der Waals surface area contributed by atoms with Crippen molar-refractivity contribution in [3.63, 3.8) is 0 Å². The lowest BCUT2D eigenvalue weighted by molar-refractivity contribution is 0.0162. The molecule has 29 heavy (non-hydrogen) atoms. The summed E-state index contributed by atoms with van der Waals surface area (Å²) >= 11 is 3.12. The number of carbonyl (C=O) groups excluding carboxylic acids is 1. The zero-order valence-corrected chi connectivity index (χ0v) is 17.8. The quantitative estimate of drug-likeness (QED) is 0.621. The maximum Gasteiger partial charge on any atom is 0.270 e. The Morgan fingerprint density at radius 1 is 1.24 bits per heavy atom. The molecule has 1 amide bonds. The Morgan fingerprint density at radius 2 is 2.03 bits per heavy atom. The minimum Gasteiger partial charge on any atom is -0.497 e. The van der Waals surface area contributed by atoms with Crippen LogP contribution in [0.5, 0.6) is 5.75 Å². The minimum absolute atomic E-state index is 0.0729. The minimum atomic E-state index is -0.144. The average molecular weight is 430 g/mol. The normalized spacial score (nSPS) is 15.8. The number of nitrogens with zero attached hydrogens (tertiary/aromatic N) is 2. The maximum absolute atomic E-state index is 12.7. The molecule has 1 saturated heterocycles. The highest BCUT2D eigenvalue weighted by molar-refractivity contribution is 7.14. The number of morpholine rings is 1. The number of benzene rings is 1. The molecule has 1 aliphatic rings. The summed E-state index contributed by atoms with van der Waals surface area (Å²) in [6, 6.07) is 10.1. The monoisotopic (exact) mass is 429 g/mol. The molecular weight excluding hydrogens is 406 g/mol. The average Bonchev–Trinajstić information content (AvgIpc) is 3.47.